The number of hydrogen-bond donors (Lipinski definition) is 0. The molecule has 0 amide bonds. The zero-order valence-corrected chi connectivity index (χ0v) is 14.5. The van der Waals surface area contributed by atoms with Gasteiger partial charge < -0.3 is 14.2 Å². The molecule has 130 valence electrons. The number of cyclic esters (lactones) is 1. The maximum absolute atomic E-state index is 12.3. The van der Waals surface area contributed by atoms with Crippen molar-refractivity contribution in [3.05, 3.63) is 35.9 Å². The molecule has 0 fully saturated rings. The van der Waals surface area contributed by atoms with Crippen molar-refractivity contribution in [2.24, 2.45) is 0 Å². The summed E-state index contributed by atoms with van der Waals surface area (Å²) < 4.78 is 16.3. The molecule has 0 N–H and O–H groups in total. The van der Waals surface area contributed by atoms with Crippen LogP contribution in [0.4, 0.5) is 0 Å². The largest absolute Gasteiger partial charge is 0.497 e. The maximum atomic E-state index is 12.3. The summed E-state index contributed by atoms with van der Waals surface area (Å²) in [5, 5.41) is 0. The van der Waals surface area contributed by atoms with Crippen LogP contribution in [0, 0.1) is 0 Å². The number of esters is 1. The van der Waals surface area contributed by atoms with Gasteiger partial charge in [-0.15, -0.1) is 6.58 Å². The monoisotopic (exact) mass is 332 g/mol. The fraction of sp³-hybridized carbons (Fsp3) is 0.474. The first-order valence-electron chi connectivity index (χ1n) is 8.12. The van der Waals surface area contributed by atoms with Crippen LogP contribution in [0.25, 0.3) is 0 Å². The lowest BCUT2D eigenvalue weighted by Gasteiger charge is -2.32. The Kier molecular flexibility index (Phi) is 5.65. The Hall–Kier alpha value is -2.30. The lowest BCUT2D eigenvalue weighted by atomic mass is 9.97. The van der Waals surface area contributed by atoms with Crippen LogP contribution in [0.2, 0.25) is 0 Å². The summed E-state index contributed by atoms with van der Waals surface area (Å²) in [5.41, 5.74) is 0.896. The molecule has 0 bridgehead atoms. The van der Waals surface area contributed by atoms with Gasteiger partial charge in [-0.3, -0.25) is 4.79 Å². The van der Waals surface area contributed by atoms with E-state index in [1.165, 1.54) is 7.11 Å². The molecule has 1 aromatic rings. The molecule has 0 saturated heterocycles. The first-order chi connectivity index (χ1) is 11.4. The molecule has 0 unspecified atom stereocenters. The van der Waals surface area contributed by atoms with E-state index in [-0.39, 0.29) is 12.2 Å². The number of ketones is 1. The second kappa shape index (κ2) is 7.51. The molecule has 1 aliphatic rings. The average Bonchev–Trinajstić information content (AvgIpc) is 2.49. The molecular weight excluding hydrogens is 308 g/mol. The molecule has 0 spiro atoms. The fourth-order valence-corrected chi connectivity index (χ4v) is 2.69. The van der Waals surface area contributed by atoms with Gasteiger partial charge in [0.05, 0.1) is 7.11 Å². The molecule has 0 aromatic heterocycles. The average molecular weight is 332 g/mol. The molecule has 0 atom stereocenters. The van der Waals surface area contributed by atoms with E-state index in [4.69, 9.17) is 14.2 Å². The van der Waals surface area contributed by atoms with Crippen molar-refractivity contribution < 1.29 is 23.8 Å². The zero-order chi connectivity index (χ0) is 17.7. The Bertz CT molecular complexity index is 645. The van der Waals surface area contributed by atoms with Gasteiger partial charge in [-0.1, -0.05) is 6.08 Å². The summed E-state index contributed by atoms with van der Waals surface area (Å²) in [6.07, 6.45) is 5.12. The second-order valence-electron chi connectivity index (χ2n) is 6.30. The maximum Gasteiger partial charge on any atom is 0.345 e. The van der Waals surface area contributed by atoms with Crippen molar-refractivity contribution in [2.75, 3.05) is 7.11 Å². The Morgan fingerprint density at radius 1 is 1.29 bits per heavy atom. The summed E-state index contributed by atoms with van der Waals surface area (Å²) in [6.45, 7) is 7.00. The quantitative estimate of drug-likeness (QED) is 0.411. The lowest BCUT2D eigenvalue weighted by Crippen LogP contribution is -2.39. The third-order valence-electron chi connectivity index (χ3n) is 3.79. The van der Waals surface area contributed by atoms with Crippen molar-refractivity contribution >= 4 is 11.8 Å². The molecule has 2 rings (SSSR count). The minimum Gasteiger partial charge on any atom is -0.497 e. The number of benzene rings is 1. The van der Waals surface area contributed by atoms with Crippen molar-refractivity contribution in [1.82, 2.24) is 0 Å². The highest BCUT2D eigenvalue weighted by Crippen LogP contribution is 2.37. The molecule has 24 heavy (non-hydrogen) atoms. The minimum atomic E-state index is -1.04. The van der Waals surface area contributed by atoms with Crippen LogP contribution in [-0.2, 0) is 16.0 Å². The molecule has 1 aromatic carbocycles. The van der Waals surface area contributed by atoms with Crippen LogP contribution < -0.4 is 9.47 Å². The summed E-state index contributed by atoms with van der Waals surface area (Å²) in [5.74, 6) is -0.494. The standard InChI is InChI=1S/C19H24O5/c1-5-6-7-8-9-14(20)10-13-11-15(22-4)12-16-17(13)18(21)24-19(2,3)23-16/h5,11-12H,1,6-10H2,2-4H3. The number of methoxy groups -OCH3 is 1. The Morgan fingerprint density at radius 3 is 2.71 bits per heavy atom. The van der Waals surface area contributed by atoms with Crippen LogP contribution in [0.5, 0.6) is 11.5 Å². The Morgan fingerprint density at radius 2 is 2.04 bits per heavy atom. The number of carbonyl (C=O) groups excluding carboxylic acids is 2. The fourth-order valence-electron chi connectivity index (χ4n) is 2.69. The summed E-state index contributed by atoms with van der Waals surface area (Å²) in [4.78, 5) is 24.6. The molecule has 5 heteroatoms. The number of Topliss-reactive ketones (excluding diaryl/α,β-unsaturated/α-hetero) is 1. The van der Waals surface area contributed by atoms with E-state index >= 15 is 0 Å². The van der Waals surface area contributed by atoms with Gasteiger partial charge in [0.2, 0.25) is 5.79 Å². The molecule has 5 nitrogen and oxygen atoms in total. The van der Waals surface area contributed by atoms with Crippen molar-refractivity contribution in [1.29, 1.82) is 0 Å². The van der Waals surface area contributed by atoms with Crippen LogP contribution in [0.1, 0.15) is 55.5 Å². The molecule has 0 saturated carbocycles. The van der Waals surface area contributed by atoms with Gasteiger partial charge in [-0.05, 0) is 30.9 Å². The number of allylic oxidation sites excluding steroid dienone is 1. The summed E-state index contributed by atoms with van der Waals surface area (Å²) in [6, 6.07) is 3.35. The van der Waals surface area contributed by atoms with Crippen molar-refractivity contribution in [2.45, 2.75) is 51.7 Å². The highest BCUT2D eigenvalue weighted by atomic mass is 16.7. The van der Waals surface area contributed by atoms with E-state index in [9.17, 15) is 9.59 Å². The number of unbranched alkanes of at least 4 members (excludes halogenated alkanes) is 2. The predicted molar refractivity (Wildman–Crippen MR) is 90.5 cm³/mol. The topological polar surface area (TPSA) is 61.8 Å². The van der Waals surface area contributed by atoms with E-state index in [0.717, 1.165) is 19.3 Å². The highest BCUT2D eigenvalue weighted by molar-refractivity contribution is 5.97. The Labute approximate surface area is 142 Å². The van der Waals surface area contributed by atoms with Gasteiger partial charge in [0.1, 0.15) is 22.8 Å². The molecule has 1 heterocycles. The number of fused-ring (bicyclic) bond motifs is 1. The number of ether oxygens (including phenoxy) is 3. The SMILES string of the molecule is C=CCCCCC(=O)Cc1cc(OC)cc2c1C(=O)OC(C)(C)O2. The van der Waals surface area contributed by atoms with Crippen LogP contribution in [0.3, 0.4) is 0 Å². The van der Waals surface area contributed by atoms with Crippen LogP contribution >= 0.6 is 0 Å². The summed E-state index contributed by atoms with van der Waals surface area (Å²) >= 11 is 0. The predicted octanol–water partition coefficient (Wildman–Crippen LogP) is 3.84. The molecule has 0 radical (unpaired) electrons. The minimum absolute atomic E-state index is 0.0761. The van der Waals surface area contributed by atoms with Crippen molar-refractivity contribution in [3.8, 4) is 11.5 Å². The van der Waals surface area contributed by atoms with Gasteiger partial charge in [0.15, 0.2) is 0 Å². The third-order valence-corrected chi connectivity index (χ3v) is 3.79. The van der Waals surface area contributed by atoms with Gasteiger partial charge in [-0.2, -0.15) is 0 Å². The van der Waals surface area contributed by atoms with Crippen molar-refractivity contribution in [3.63, 3.8) is 0 Å². The zero-order valence-electron chi connectivity index (χ0n) is 14.5. The second-order valence-corrected chi connectivity index (χ2v) is 6.30. The van der Waals surface area contributed by atoms with Crippen LogP contribution in [-0.4, -0.2) is 24.6 Å². The number of rotatable bonds is 8. The highest BCUT2D eigenvalue weighted by Gasteiger charge is 2.36. The Balaban J connectivity index is 2.22. The lowest BCUT2D eigenvalue weighted by molar-refractivity contribution is -0.127. The van der Waals surface area contributed by atoms with E-state index in [1.54, 1.807) is 26.0 Å². The van der Waals surface area contributed by atoms with Gasteiger partial charge in [-0.25, -0.2) is 4.79 Å². The summed E-state index contributed by atoms with van der Waals surface area (Å²) in [7, 11) is 1.54. The van der Waals surface area contributed by atoms with E-state index in [1.807, 2.05) is 6.08 Å². The smallest absolute Gasteiger partial charge is 0.345 e. The first-order valence-corrected chi connectivity index (χ1v) is 8.12. The number of carbonyl (C=O) groups is 2. The molecule has 1 aliphatic heterocycles. The van der Waals surface area contributed by atoms with E-state index in [2.05, 4.69) is 6.58 Å². The van der Waals surface area contributed by atoms with Gasteiger partial charge in [0.25, 0.3) is 0 Å². The van der Waals surface area contributed by atoms with Crippen LogP contribution in [0.15, 0.2) is 24.8 Å². The molecule has 0 aliphatic carbocycles. The van der Waals surface area contributed by atoms with E-state index in [0.29, 0.717) is 29.0 Å². The normalized spacial score (nSPS) is 15.0. The molecular formula is C19H24O5. The van der Waals surface area contributed by atoms with E-state index < -0.39 is 11.8 Å². The van der Waals surface area contributed by atoms with Gasteiger partial charge in [0, 0.05) is 32.8 Å². The van der Waals surface area contributed by atoms with Gasteiger partial charge >= 0.3 is 5.97 Å². The first kappa shape index (κ1) is 18.0. The number of hydrogen-bond acceptors (Lipinski definition) is 5. The third kappa shape index (κ3) is 4.37.